The lowest BCUT2D eigenvalue weighted by atomic mass is 9.89. The maximum Gasteiger partial charge on any atom is 0.160 e. The summed E-state index contributed by atoms with van der Waals surface area (Å²) in [6.07, 6.45) is 0. The van der Waals surface area contributed by atoms with Crippen molar-refractivity contribution in [3.05, 3.63) is 279 Å². The van der Waals surface area contributed by atoms with Crippen LogP contribution in [-0.4, -0.2) is 9.97 Å². The summed E-state index contributed by atoms with van der Waals surface area (Å²) in [6, 6.07) is 100. The maximum atomic E-state index is 6.98. The molecule has 0 bridgehead atoms. The number of fused-ring (bicyclic) bond motifs is 12. The molecule has 0 radical (unpaired) electrons. The van der Waals surface area contributed by atoms with Crippen molar-refractivity contribution in [3.63, 3.8) is 0 Å². The lowest BCUT2D eigenvalue weighted by molar-refractivity contribution is 0.669. The Morgan fingerprint density at radius 3 is 1.12 bits per heavy atom. The van der Waals surface area contributed by atoms with E-state index >= 15 is 0 Å². The molecule has 0 saturated carbocycles. The van der Waals surface area contributed by atoms with Crippen molar-refractivity contribution in [2.75, 3.05) is 0 Å². The average molecular weight is 979 g/mol. The molecule has 3 nitrogen and oxygen atoms in total. The molecule has 0 atom stereocenters. The van der Waals surface area contributed by atoms with Crippen molar-refractivity contribution >= 4 is 65.0 Å². The van der Waals surface area contributed by atoms with E-state index in [2.05, 4.69) is 279 Å². The number of hydrogen-bond donors (Lipinski definition) is 0. The minimum absolute atomic E-state index is 0.644. The Bertz CT molecular complexity index is 4480. The standard InChI is InChI=1S/C74H46N2O/c1-5-20-47(21-6-1)53-39-54(48-22-7-2-8-23-48)42-57(41-53)68-46-67(75-74(76-68)58-43-55(49-24-9-3-10-25-49)40-56(44-58)50-26-11-4-12-27-50)52-29-19-28-51(38-52)66-45-70-72(64-35-18-16-33-62(64)66)73-69(77-70)37-36-65-61-32-14-13-30-59(61)60-31-15-17-34-63(60)71(65)73/h1-46H. The molecule has 0 aliphatic carbocycles. The van der Waals surface area contributed by atoms with Crippen LogP contribution in [0.1, 0.15) is 0 Å². The highest BCUT2D eigenvalue weighted by atomic mass is 16.3. The smallest absolute Gasteiger partial charge is 0.160 e. The third-order valence-corrected chi connectivity index (χ3v) is 15.4. The van der Waals surface area contributed by atoms with Crippen molar-refractivity contribution in [1.29, 1.82) is 0 Å². The van der Waals surface area contributed by atoms with Crippen LogP contribution in [-0.2, 0) is 0 Å². The van der Waals surface area contributed by atoms with E-state index in [0.29, 0.717) is 5.82 Å². The lowest BCUT2D eigenvalue weighted by Gasteiger charge is -2.15. The summed E-state index contributed by atoms with van der Waals surface area (Å²) in [7, 11) is 0. The van der Waals surface area contributed by atoms with Gasteiger partial charge in [-0.2, -0.15) is 0 Å². The zero-order valence-electron chi connectivity index (χ0n) is 41.9. The highest BCUT2D eigenvalue weighted by Crippen LogP contribution is 2.47. The van der Waals surface area contributed by atoms with Gasteiger partial charge in [-0.15, -0.1) is 0 Å². The summed E-state index contributed by atoms with van der Waals surface area (Å²) in [5.74, 6) is 0.644. The van der Waals surface area contributed by atoms with Crippen LogP contribution in [0, 0.1) is 0 Å². The molecule has 77 heavy (non-hydrogen) atoms. The number of aromatic nitrogens is 2. The summed E-state index contributed by atoms with van der Waals surface area (Å²) in [6.45, 7) is 0. The SMILES string of the molecule is c1ccc(-c2cc(-c3ccccc3)cc(-c3cc(-c4cccc(-c5cc6oc7ccc8c9ccccc9c9ccccc9c8c7c6c6ccccc56)c4)nc(-c4cc(-c5ccccc5)cc(-c5ccccc5)c4)n3)c2)cc1. The molecule has 3 heteroatoms. The summed E-state index contributed by atoms with van der Waals surface area (Å²) in [5.41, 5.74) is 17.4. The van der Waals surface area contributed by atoms with Gasteiger partial charge in [0.1, 0.15) is 11.2 Å². The molecule has 0 N–H and O–H groups in total. The highest BCUT2D eigenvalue weighted by Gasteiger charge is 2.21. The molecule has 0 unspecified atom stereocenters. The number of rotatable bonds is 8. The van der Waals surface area contributed by atoms with Crippen molar-refractivity contribution in [1.82, 2.24) is 9.97 Å². The fourth-order valence-electron chi connectivity index (χ4n) is 11.8. The van der Waals surface area contributed by atoms with E-state index in [-0.39, 0.29) is 0 Å². The maximum absolute atomic E-state index is 6.98. The van der Waals surface area contributed by atoms with Crippen LogP contribution in [0.3, 0.4) is 0 Å². The third kappa shape index (κ3) is 7.75. The van der Waals surface area contributed by atoms with Crippen LogP contribution >= 0.6 is 0 Å². The van der Waals surface area contributed by atoms with Gasteiger partial charge in [0, 0.05) is 32.8 Å². The van der Waals surface area contributed by atoms with Crippen molar-refractivity contribution < 1.29 is 4.42 Å². The van der Waals surface area contributed by atoms with Gasteiger partial charge in [0.15, 0.2) is 5.82 Å². The lowest BCUT2D eigenvalue weighted by Crippen LogP contribution is -1.98. The predicted molar refractivity (Wildman–Crippen MR) is 323 cm³/mol. The van der Waals surface area contributed by atoms with Crippen molar-refractivity contribution in [2.24, 2.45) is 0 Å². The first-order valence-corrected chi connectivity index (χ1v) is 26.3. The molecular weight excluding hydrogens is 933 g/mol. The van der Waals surface area contributed by atoms with Crippen LogP contribution in [0.5, 0.6) is 0 Å². The Kier molecular flexibility index (Phi) is 10.5. The molecule has 0 aliphatic rings. The Morgan fingerprint density at radius 2 is 0.584 bits per heavy atom. The Balaban J connectivity index is 0.951. The minimum Gasteiger partial charge on any atom is -0.456 e. The quantitative estimate of drug-likeness (QED) is 0.142. The van der Waals surface area contributed by atoms with Gasteiger partial charge in [0.05, 0.1) is 11.4 Å². The van der Waals surface area contributed by atoms with E-state index in [4.69, 9.17) is 14.4 Å². The highest BCUT2D eigenvalue weighted by molar-refractivity contribution is 6.37. The zero-order valence-corrected chi connectivity index (χ0v) is 41.9. The molecule has 0 aliphatic heterocycles. The summed E-state index contributed by atoms with van der Waals surface area (Å²) < 4.78 is 6.98. The van der Waals surface area contributed by atoms with E-state index in [1.807, 2.05) is 0 Å². The van der Waals surface area contributed by atoms with Gasteiger partial charge in [-0.05, 0) is 160 Å². The largest absolute Gasteiger partial charge is 0.456 e. The van der Waals surface area contributed by atoms with Crippen LogP contribution < -0.4 is 0 Å². The number of furan rings is 1. The second kappa shape index (κ2) is 18.3. The Morgan fingerprint density at radius 1 is 0.208 bits per heavy atom. The fraction of sp³-hybridized carbons (Fsp3) is 0. The molecule has 0 spiro atoms. The van der Waals surface area contributed by atoms with E-state index in [0.717, 1.165) is 116 Å². The van der Waals surface area contributed by atoms with Gasteiger partial charge >= 0.3 is 0 Å². The first-order valence-electron chi connectivity index (χ1n) is 26.3. The molecule has 2 aromatic heterocycles. The molecule has 358 valence electrons. The monoisotopic (exact) mass is 978 g/mol. The van der Waals surface area contributed by atoms with E-state index in [1.165, 1.54) is 32.3 Å². The Hall–Kier alpha value is -10.2. The predicted octanol–water partition coefficient (Wildman–Crippen LogP) is 20.3. The molecule has 2 heterocycles. The molecular formula is C74H46N2O. The number of nitrogens with zero attached hydrogens (tertiary/aromatic N) is 2. The van der Waals surface area contributed by atoms with E-state index in [9.17, 15) is 0 Å². The van der Waals surface area contributed by atoms with Gasteiger partial charge in [-0.3, -0.25) is 0 Å². The minimum atomic E-state index is 0.644. The van der Waals surface area contributed by atoms with E-state index in [1.54, 1.807) is 0 Å². The average Bonchev–Trinajstić information content (AvgIpc) is 3.94. The van der Waals surface area contributed by atoms with Gasteiger partial charge in [-0.1, -0.05) is 212 Å². The van der Waals surface area contributed by atoms with Crippen LogP contribution in [0.4, 0.5) is 0 Å². The van der Waals surface area contributed by atoms with Crippen molar-refractivity contribution in [3.8, 4) is 89.5 Å². The molecule has 0 saturated heterocycles. The molecule has 15 rings (SSSR count). The number of hydrogen-bond acceptors (Lipinski definition) is 3. The number of benzene rings is 13. The van der Waals surface area contributed by atoms with Crippen LogP contribution in [0.25, 0.3) is 155 Å². The van der Waals surface area contributed by atoms with Gasteiger partial charge in [0.25, 0.3) is 0 Å². The van der Waals surface area contributed by atoms with Gasteiger partial charge < -0.3 is 4.42 Å². The topological polar surface area (TPSA) is 38.9 Å². The van der Waals surface area contributed by atoms with Gasteiger partial charge in [0.2, 0.25) is 0 Å². The fourth-order valence-corrected chi connectivity index (χ4v) is 11.8. The van der Waals surface area contributed by atoms with E-state index < -0.39 is 0 Å². The van der Waals surface area contributed by atoms with Crippen LogP contribution in [0.15, 0.2) is 283 Å². The molecule has 15 aromatic rings. The summed E-state index contributed by atoms with van der Waals surface area (Å²) in [5, 5.41) is 12.0. The summed E-state index contributed by atoms with van der Waals surface area (Å²) >= 11 is 0. The normalized spacial score (nSPS) is 11.6. The summed E-state index contributed by atoms with van der Waals surface area (Å²) in [4.78, 5) is 11.1. The second-order valence-corrected chi connectivity index (χ2v) is 20.0. The molecule has 0 fully saturated rings. The first-order chi connectivity index (χ1) is 38.1. The Labute approximate surface area is 445 Å². The van der Waals surface area contributed by atoms with Gasteiger partial charge in [-0.25, -0.2) is 9.97 Å². The zero-order chi connectivity index (χ0) is 50.8. The molecule has 0 amide bonds. The first kappa shape index (κ1) is 44.3. The van der Waals surface area contributed by atoms with Crippen molar-refractivity contribution in [2.45, 2.75) is 0 Å². The van der Waals surface area contributed by atoms with Crippen LogP contribution in [0.2, 0.25) is 0 Å². The molecule has 13 aromatic carbocycles. The second-order valence-electron chi connectivity index (χ2n) is 20.0. The third-order valence-electron chi connectivity index (χ3n) is 15.4.